The molecule has 0 aromatic heterocycles. The fourth-order valence-electron chi connectivity index (χ4n) is 3.61. The van der Waals surface area contributed by atoms with Crippen molar-refractivity contribution in [3.05, 3.63) is 54.6 Å². The zero-order valence-electron chi connectivity index (χ0n) is 17.0. The van der Waals surface area contributed by atoms with E-state index in [9.17, 15) is 13.2 Å². The average Bonchev–Trinajstić information content (AvgIpc) is 3.28. The number of hydrogen-bond acceptors (Lipinski definition) is 4. The molecule has 0 radical (unpaired) electrons. The molecule has 2 N–H and O–H groups in total. The molecule has 2 aromatic carbocycles. The van der Waals surface area contributed by atoms with Crippen molar-refractivity contribution in [2.24, 2.45) is 0 Å². The van der Waals surface area contributed by atoms with Gasteiger partial charge in [0.2, 0.25) is 0 Å². The molecule has 1 fully saturated rings. The van der Waals surface area contributed by atoms with Gasteiger partial charge in [0.15, 0.2) is 9.84 Å². The monoisotopic (exact) mass is 415 g/mol. The third kappa shape index (κ3) is 5.29. The minimum absolute atomic E-state index is 0.0947. The average molecular weight is 416 g/mol. The number of para-hydroxylation sites is 1. The summed E-state index contributed by atoms with van der Waals surface area (Å²) >= 11 is 0. The van der Waals surface area contributed by atoms with E-state index in [1.165, 1.54) is 0 Å². The van der Waals surface area contributed by atoms with Gasteiger partial charge in [-0.3, -0.25) is 0 Å². The topological polar surface area (TPSA) is 78.5 Å². The minimum Gasteiger partial charge on any atom is -0.370 e. The van der Waals surface area contributed by atoms with E-state index in [0.29, 0.717) is 25.1 Å². The van der Waals surface area contributed by atoms with Crippen molar-refractivity contribution >= 4 is 27.2 Å². The van der Waals surface area contributed by atoms with E-state index in [0.717, 1.165) is 18.5 Å². The van der Waals surface area contributed by atoms with E-state index in [2.05, 4.69) is 15.5 Å². The van der Waals surface area contributed by atoms with Crippen LogP contribution < -0.4 is 15.5 Å². The second kappa shape index (κ2) is 9.31. The summed E-state index contributed by atoms with van der Waals surface area (Å²) in [4.78, 5) is 14.7. The van der Waals surface area contributed by atoms with Gasteiger partial charge < -0.3 is 15.5 Å². The number of nitrogens with zero attached hydrogens (tertiary/aromatic N) is 1. The number of sulfone groups is 1. The summed E-state index contributed by atoms with van der Waals surface area (Å²) < 4.78 is 25.5. The normalized spacial score (nSPS) is 15.7. The van der Waals surface area contributed by atoms with Crippen LogP contribution in [0.15, 0.2) is 59.5 Å². The van der Waals surface area contributed by atoms with Crippen LogP contribution in [0.3, 0.4) is 0 Å². The molecule has 1 saturated carbocycles. The molecule has 2 amide bonds. The molecule has 29 heavy (non-hydrogen) atoms. The molecule has 156 valence electrons. The van der Waals surface area contributed by atoms with Crippen LogP contribution in [0.4, 0.5) is 16.2 Å². The molecular weight excluding hydrogens is 386 g/mol. The largest absolute Gasteiger partial charge is 0.370 e. The lowest BCUT2D eigenvalue weighted by Crippen LogP contribution is -2.41. The van der Waals surface area contributed by atoms with Crippen LogP contribution in [0.1, 0.15) is 32.6 Å². The molecule has 0 unspecified atom stereocenters. The molecule has 6 nitrogen and oxygen atoms in total. The lowest BCUT2D eigenvalue weighted by molar-refractivity contribution is 0.251. The summed E-state index contributed by atoms with van der Waals surface area (Å²) in [5.74, 6) is 0. The molecule has 7 heteroatoms. The van der Waals surface area contributed by atoms with Crippen LogP contribution in [0.2, 0.25) is 0 Å². The zero-order chi connectivity index (χ0) is 20.9. The van der Waals surface area contributed by atoms with Crippen LogP contribution in [-0.4, -0.2) is 39.3 Å². The van der Waals surface area contributed by atoms with Gasteiger partial charge in [-0.15, -0.1) is 0 Å². The second-order valence-corrected chi connectivity index (χ2v) is 9.84. The maximum atomic E-state index is 12.8. The molecule has 1 atom stereocenters. The summed E-state index contributed by atoms with van der Waals surface area (Å²) in [6.07, 6.45) is 3.35. The summed E-state index contributed by atoms with van der Waals surface area (Å²) in [6.45, 7) is 2.49. The van der Waals surface area contributed by atoms with Gasteiger partial charge in [0.25, 0.3) is 0 Å². The molecule has 0 bridgehead atoms. The fraction of sp³-hybridized carbons (Fsp3) is 0.409. The molecule has 0 saturated heterocycles. The third-order valence-electron chi connectivity index (χ3n) is 5.54. The Morgan fingerprint density at radius 2 is 1.79 bits per heavy atom. The minimum atomic E-state index is -3.34. The molecule has 3 rings (SSSR count). The molecule has 1 aliphatic rings. The highest BCUT2D eigenvalue weighted by molar-refractivity contribution is 7.92. The number of likely N-dealkylation sites (N-methyl/N-ethyl adjacent to an activating group) is 1. The quantitative estimate of drug-likeness (QED) is 0.715. The Morgan fingerprint density at radius 1 is 1.10 bits per heavy atom. The van der Waals surface area contributed by atoms with E-state index in [4.69, 9.17) is 0 Å². The first-order valence-electron chi connectivity index (χ1n) is 10.0. The summed E-state index contributed by atoms with van der Waals surface area (Å²) in [5, 5.41) is 5.30. The summed E-state index contributed by atoms with van der Waals surface area (Å²) in [5.41, 5.74) is 1.55. The van der Waals surface area contributed by atoms with Gasteiger partial charge in [0, 0.05) is 31.0 Å². The highest BCUT2D eigenvalue weighted by Crippen LogP contribution is 2.30. The van der Waals surface area contributed by atoms with Gasteiger partial charge in [0.1, 0.15) is 0 Å². The fourth-order valence-corrected chi connectivity index (χ4v) is 5.51. The van der Waals surface area contributed by atoms with Crippen LogP contribution in [-0.2, 0) is 9.84 Å². The Hall–Kier alpha value is -2.54. The SMILES string of the molecule is C[C@@H](CNC(=O)Nc1cccc(S(=O)(=O)C2CCCC2)c1)N(C)c1ccccc1. The number of rotatable bonds is 7. The first kappa shape index (κ1) is 21.2. The van der Waals surface area contributed by atoms with E-state index in [-0.39, 0.29) is 22.2 Å². The molecule has 2 aromatic rings. The molecule has 0 spiro atoms. The number of carbonyl (C=O) groups is 1. The van der Waals surface area contributed by atoms with Gasteiger partial charge in [-0.05, 0) is 50.1 Å². The van der Waals surface area contributed by atoms with Gasteiger partial charge in [0.05, 0.1) is 10.1 Å². The molecule has 0 aliphatic heterocycles. The van der Waals surface area contributed by atoms with Gasteiger partial charge in [-0.25, -0.2) is 13.2 Å². The number of hydrogen-bond donors (Lipinski definition) is 2. The lowest BCUT2D eigenvalue weighted by atomic mass is 10.2. The third-order valence-corrected chi connectivity index (χ3v) is 7.80. The second-order valence-electron chi connectivity index (χ2n) is 7.61. The van der Waals surface area contributed by atoms with Crippen LogP contribution in [0.25, 0.3) is 0 Å². The number of benzene rings is 2. The van der Waals surface area contributed by atoms with E-state index < -0.39 is 9.84 Å². The van der Waals surface area contributed by atoms with E-state index in [1.807, 2.05) is 44.3 Å². The van der Waals surface area contributed by atoms with E-state index >= 15 is 0 Å². The lowest BCUT2D eigenvalue weighted by Gasteiger charge is -2.27. The number of amides is 2. The Labute approximate surface area is 173 Å². The van der Waals surface area contributed by atoms with Crippen molar-refractivity contribution in [1.29, 1.82) is 0 Å². The van der Waals surface area contributed by atoms with Crippen molar-refractivity contribution in [1.82, 2.24) is 5.32 Å². The molecule has 0 heterocycles. The van der Waals surface area contributed by atoms with Gasteiger partial charge in [-0.1, -0.05) is 37.1 Å². The highest BCUT2D eigenvalue weighted by Gasteiger charge is 2.30. The van der Waals surface area contributed by atoms with Gasteiger partial charge >= 0.3 is 6.03 Å². The van der Waals surface area contributed by atoms with Crippen molar-refractivity contribution in [2.75, 3.05) is 23.8 Å². The van der Waals surface area contributed by atoms with Crippen molar-refractivity contribution in [2.45, 2.75) is 48.8 Å². The molecular formula is C22H29N3O3S. The van der Waals surface area contributed by atoms with E-state index in [1.54, 1.807) is 24.3 Å². The standard InChI is InChI=1S/C22H29N3O3S/c1-17(25(2)19-10-4-3-5-11-19)16-23-22(26)24-18-9-8-14-21(15-18)29(27,28)20-12-6-7-13-20/h3-5,8-11,14-15,17,20H,6-7,12-13,16H2,1-2H3,(H2,23,24,26)/t17-/m0/s1. The Kier molecular flexibility index (Phi) is 6.79. The first-order valence-corrected chi connectivity index (χ1v) is 11.6. The van der Waals surface area contributed by atoms with Crippen LogP contribution in [0, 0.1) is 0 Å². The number of anilines is 2. The first-order chi connectivity index (χ1) is 13.9. The van der Waals surface area contributed by atoms with Crippen molar-refractivity contribution in [3.63, 3.8) is 0 Å². The zero-order valence-corrected chi connectivity index (χ0v) is 17.8. The van der Waals surface area contributed by atoms with Gasteiger partial charge in [-0.2, -0.15) is 0 Å². The van der Waals surface area contributed by atoms with Crippen LogP contribution >= 0.6 is 0 Å². The number of urea groups is 1. The molecule has 1 aliphatic carbocycles. The Morgan fingerprint density at radius 3 is 2.48 bits per heavy atom. The summed E-state index contributed by atoms with van der Waals surface area (Å²) in [6, 6.07) is 16.2. The predicted octanol–water partition coefficient (Wildman–Crippen LogP) is 4.05. The maximum Gasteiger partial charge on any atom is 0.319 e. The predicted molar refractivity (Wildman–Crippen MR) is 117 cm³/mol. The summed E-state index contributed by atoms with van der Waals surface area (Å²) in [7, 11) is -1.36. The highest BCUT2D eigenvalue weighted by atomic mass is 32.2. The van der Waals surface area contributed by atoms with Crippen molar-refractivity contribution < 1.29 is 13.2 Å². The number of carbonyl (C=O) groups excluding carboxylic acids is 1. The smallest absolute Gasteiger partial charge is 0.319 e. The maximum absolute atomic E-state index is 12.8. The van der Waals surface area contributed by atoms with Crippen LogP contribution in [0.5, 0.6) is 0 Å². The Balaban J connectivity index is 1.57. The number of nitrogens with one attached hydrogen (secondary N) is 2. The Bertz CT molecular complexity index is 925. The van der Waals surface area contributed by atoms with Crippen molar-refractivity contribution in [3.8, 4) is 0 Å².